The summed E-state index contributed by atoms with van der Waals surface area (Å²) in [5, 5.41) is 28.5. The molecule has 1 aromatic carbocycles. The van der Waals surface area contributed by atoms with Crippen molar-refractivity contribution < 1.29 is 15.3 Å². The van der Waals surface area contributed by atoms with Crippen LogP contribution in [0.3, 0.4) is 0 Å². The fourth-order valence-corrected chi connectivity index (χ4v) is 2.83. The minimum atomic E-state index is -1.08. The van der Waals surface area contributed by atoms with E-state index in [1.165, 1.54) is 9.13 Å². The number of rotatable bonds is 7. The van der Waals surface area contributed by atoms with Gasteiger partial charge in [0.2, 0.25) is 0 Å². The van der Waals surface area contributed by atoms with Crippen LogP contribution in [0.1, 0.15) is 17.5 Å². The Balaban J connectivity index is 2.67. The van der Waals surface area contributed by atoms with E-state index >= 15 is 0 Å². The molecule has 0 saturated heterocycles. The summed E-state index contributed by atoms with van der Waals surface area (Å²) >= 11 is 0. The van der Waals surface area contributed by atoms with Crippen molar-refractivity contribution in [1.29, 1.82) is 0 Å². The highest BCUT2D eigenvalue weighted by Crippen LogP contribution is 2.18. The minimum absolute atomic E-state index is 0.0922. The zero-order chi connectivity index (χ0) is 18.7. The Kier molecular flexibility index (Phi) is 5.94. The van der Waals surface area contributed by atoms with E-state index in [2.05, 4.69) is 6.58 Å². The standard InChI is InChI=1S/C18H24N2O5/c1-4-5-19-15-6-11(2)12(3)7-16(15)20(18(25)17(19)24)9-13(22)8-14(23)10-21/h4,6-7,13-14,21-23H,1,5,8-10H2,2-3H3. The largest absolute Gasteiger partial charge is 0.394 e. The molecule has 1 aromatic heterocycles. The van der Waals surface area contributed by atoms with Crippen molar-refractivity contribution in [1.82, 2.24) is 9.13 Å². The molecule has 25 heavy (non-hydrogen) atoms. The van der Waals surface area contributed by atoms with Crippen molar-refractivity contribution in [2.75, 3.05) is 6.61 Å². The summed E-state index contributed by atoms with van der Waals surface area (Å²) in [5.74, 6) is 0. The van der Waals surface area contributed by atoms with E-state index in [1.54, 1.807) is 12.1 Å². The van der Waals surface area contributed by atoms with Crippen LogP contribution in [0.15, 0.2) is 34.4 Å². The third kappa shape index (κ3) is 3.89. The van der Waals surface area contributed by atoms with Gasteiger partial charge in [-0.1, -0.05) is 6.08 Å². The summed E-state index contributed by atoms with van der Waals surface area (Å²) in [6.45, 7) is 7.03. The second kappa shape index (κ2) is 7.77. The van der Waals surface area contributed by atoms with E-state index in [-0.39, 0.29) is 19.5 Å². The smallest absolute Gasteiger partial charge is 0.317 e. The number of aliphatic hydroxyl groups is 3. The van der Waals surface area contributed by atoms with Crippen molar-refractivity contribution in [2.24, 2.45) is 0 Å². The maximum Gasteiger partial charge on any atom is 0.317 e. The third-order valence-electron chi connectivity index (χ3n) is 4.31. The van der Waals surface area contributed by atoms with Gasteiger partial charge in [0.1, 0.15) is 0 Å². The minimum Gasteiger partial charge on any atom is -0.394 e. The van der Waals surface area contributed by atoms with Gasteiger partial charge in [-0.2, -0.15) is 0 Å². The van der Waals surface area contributed by atoms with Crippen LogP contribution >= 0.6 is 0 Å². The van der Waals surface area contributed by atoms with E-state index in [1.807, 2.05) is 19.9 Å². The molecule has 2 aromatic rings. The van der Waals surface area contributed by atoms with Crippen LogP contribution in [0, 0.1) is 13.8 Å². The molecule has 136 valence electrons. The van der Waals surface area contributed by atoms with Crippen LogP contribution < -0.4 is 11.1 Å². The van der Waals surface area contributed by atoms with E-state index in [4.69, 9.17) is 5.11 Å². The molecule has 1 heterocycles. The summed E-state index contributed by atoms with van der Waals surface area (Å²) in [7, 11) is 0. The highest BCUT2D eigenvalue weighted by atomic mass is 16.3. The molecule has 0 aliphatic heterocycles. The normalized spacial score (nSPS) is 13.8. The number of aryl methyl sites for hydroxylation is 2. The van der Waals surface area contributed by atoms with Gasteiger partial charge in [0.15, 0.2) is 0 Å². The van der Waals surface area contributed by atoms with E-state index < -0.39 is 29.9 Å². The lowest BCUT2D eigenvalue weighted by atomic mass is 10.1. The molecule has 2 rings (SSSR count). The first-order valence-corrected chi connectivity index (χ1v) is 8.12. The summed E-state index contributed by atoms with van der Waals surface area (Å²) in [6, 6.07) is 3.64. The average Bonchev–Trinajstić information content (AvgIpc) is 2.57. The predicted molar refractivity (Wildman–Crippen MR) is 95.9 cm³/mol. The molecule has 0 amide bonds. The van der Waals surface area contributed by atoms with Crippen molar-refractivity contribution in [3.8, 4) is 0 Å². The van der Waals surface area contributed by atoms with Gasteiger partial charge in [-0.3, -0.25) is 18.7 Å². The number of nitrogens with zero attached hydrogens (tertiary/aromatic N) is 2. The molecular formula is C18H24N2O5. The molecule has 0 aliphatic rings. The zero-order valence-electron chi connectivity index (χ0n) is 14.5. The number of allylic oxidation sites excluding steroid dienone is 1. The third-order valence-corrected chi connectivity index (χ3v) is 4.31. The molecule has 3 N–H and O–H groups in total. The quantitative estimate of drug-likeness (QED) is 0.485. The van der Waals surface area contributed by atoms with Crippen LogP contribution in [-0.4, -0.2) is 43.3 Å². The van der Waals surface area contributed by atoms with Crippen molar-refractivity contribution in [2.45, 2.75) is 45.6 Å². The predicted octanol–water partition coefficient (Wildman–Crippen LogP) is 0.0702. The number of aromatic nitrogens is 2. The first-order valence-electron chi connectivity index (χ1n) is 8.12. The Labute approximate surface area is 145 Å². The van der Waals surface area contributed by atoms with Gasteiger partial charge >= 0.3 is 11.1 Å². The highest BCUT2D eigenvalue weighted by molar-refractivity contribution is 5.77. The van der Waals surface area contributed by atoms with Gasteiger partial charge in [-0.05, 0) is 37.1 Å². The van der Waals surface area contributed by atoms with Crippen LogP contribution in [0.4, 0.5) is 0 Å². The van der Waals surface area contributed by atoms with E-state index in [9.17, 15) is 19.8 Å². The van der Waals surface area contributed by atoms with Gasteiger partial charge in [0.05, 0.1) is 36.4 Å². The first-order chi connectivity index (χ1) is 11.8. The maximum atomic E-state index is 12.5. The Morgan fingerprint density at radius 3 is 2.08 bits per heavy atom. The Morgan fingerprint density at radius 1 is 1.04 bits per heavy atom. The molecule has 0 radical (unpaired) electrons. The monoisotopic (exact) mass is 348 g/mol. The molecule has 2 unspecified atom stereocenters. The second-order valence-electron chi connectivity index (χ2n) is 6.27. The van der Waals surface area contributed by atoms with E-state index in [0.717, 1.165) is 11.1 Å². The van der Waals surface area contributed by atoms with Gasteiger partial charge in [0, 0.05) is 13.0 Å². The van der Waals surface area contributed by atoms with Crippen LogP contribution in [0.2, 0.25) is 0 Å². The molecule has 0 aliphatic carbocycles. The summed E-state index contributed by atoms with van der Waals surface area (Å²) < 4.78 is 2.60. The fourth-order valence-electron chi connectivity index (χ4n) is 2.83. The number of benzene rings is 1. The maximum absolute atomic E-state index is 12.5. The highest BCUT2D eigenvalue weighted by Gasteiger charge is 2.18. The number of aliphatic hydroxyl groups excluding tert-OH is 3. The lowest BCUT2D eigenvalue weighted by Crippen LogP contribution is -2.43. The van der Waals surface area contributed by atoms with Gasteiger partial charge in [-0.15, -0.1) is 6.58 Å². The number of hydrogen-bond acceptors (Lipinski definition) is 5. The van der Waals surface area contributed by atoms with Crippen LogP contribution in [0.25, 0.3) is 11.0 Å². The molecule has 2 atom stereocenters. The topological polar surface area (TPSA) is 105 Å². The molecule has 0 fully saturated rings. The number of hydrogen-bond donors (Lipinski definition) is 3. The Bertz CT molecular complexity index is 897. The van der Waals surface area contributed by atoms with Crippen molar-refractivity contribution in [3.63, 3.8) is 0 Å². The average molecular weight is 348 g/mol. The van der Waals surface area contributed by atoms with Crippen molar-refractivity contribution in [3.05, 3.63) is 56.6 Å². The fraction of sp³-hybridized carbons (Fsp3) is 0.444. The molecule has 7 heteroatoms. The lowest BCUT2D eigenvalue weighted by molar-refractivity contribution is 0.0358. The van der Waals surface area contributed by atoms with E-state index in [0.29, 0.717) is 11.0 Å². The SMILES string of the molecule is C=CCn1c(=O)c(=O)n(CC(O)CC(O)CO)c2cc(C)c(C)cc21. The molecule has 7 nitrogen and oxygen atoms in total. The Morgan fingerprint density at radius 2 is 1.56 bits per heavy atom. The first kappa shape index (κ1) is 19.1. The van der Waals surface area contributed by atoms with Crippen LogP contribution in [0.5, 0.6) is 0 Å². The van der Waals surface area contributed by atoms with Crippen molar-refractivity contribution >= 4 is 11.0 Å². The summed E-state index contributed by atoms with van der Waals surface area (Å²) in [4.78, 5) is 25.0. The summed E-state index contributed by atoms with van der Waals surface area (Å²) in [5.41, 5.74) is 1.62. The molecule has 0 saturated carbocycles. The van der Waals surface area contributed by atoms with Crippen LogP contribution in [-0.2, 0) is 13.1 Å². The number of fused-ring (bicyclic) bond motifs is 1. The zero-order valence-corrected chi connectivity index (χ0v) is 14.5. The van der Waals surface area contributed by atoms with Gasteiger partial charge in [0.25, 0.3) is 0 Å². The Hall–Kier alpha value is -2.22. The summed E-state index contributed by atoms with van der Waals surface area (Å²) in [6.07, 6.45) is -0.696. The van der Waals surface area contributed by atoms with Gasteiger partial charge in [-0.25, -0.2) is 0 Å². The molecular weight excluding hydrogens is 324 g/mol. The second-order valence-corrected chi connectivity index (χ2v) is 6.27. The molecule has 0 bridgehead atoms. The lowest BCUT2D eigenvalue weighted by Gasteiger charge is -2.19. The molecule has 0 spiro atoms. The van der Waals surface area contributed by atoms with Gasteiger partial charge < -0.3 is 15.3 Å².